The Morgan fingerprint density at radius 3 is 2.00 bits per heavy atom. The van der Waals surface area contributed by atoms with Crippen LogP contribution in [0.5, 0.6) is 0 Å². The first-order valence-electron chi connectivity index (χ1n) is 7.55. The minimum atomic E-state index is -0.537. The van der Waals surface area contributed by atoms with E-state index in [0.29, 0.717) is 13.2 Å². The van der Waals surface area contributed by atoms with E-state index in [0.717, 1.165) is 6.42 Å². The fraction of sp³-hybridized carbons (Fsp3) is 1.00. The molecule has 0 radical (unpaired) electrons. The first kappa shape index (κ1) is 20.0. The van der Waals surface area contributed by atoms with E-state index in [4.69, 9.17) is 28.4 Å². The summed E-state index contributed by atoms with van der Waals surface area (Å²) in [5, 5.41) is 0. The summed E-state index contributed by atoms with van der Waals surface area (Å²) in [6.45, 7) is 3.09. The second-order valence-electron chi connectivity index (χ2n) is 6.35. The molecule has 2 rings (SSSR count). The van der Waals surface area contributed by atoms with Crippen molar-refractivity contribution in [1.82, 2.24) is 0 Å². The maximum Gasteiger partial charge on any atom is 0.186 e. The molecule has 0 aromatic heterocycles. The number of halogens is 2. The van der Waals surface area contributed by atoms with Gasteiger partial charge in [-0.05, 0) is 6.42 Å². The van der Waals surface area contributed by atoms with Crippen LogP contribution in [0.3, 0.4) is 0 Å². The van der Waals surface area contributed by atoms with Crippen molar-refractivity contribution in [3.8, 4) is 0 Å². The zero-order valence-corrected chi connectivity index (χ0v) is 17.4. The molecule has 1 heterocycles. The predicted octanol–water partition coefficient (Wildman–Crippen LogP) is 2.32. The second kappa shape index (κ2) is 7.95. The summed E-state index contributed by atoms with van der Waals surface area (Å²) >= 11 is 7.30. The van der Waals surface area contributed by atoms with E-state index in [2.05, 4.69) is 38.8 Å². The summed E-state index contributed by atoms with van der Waals surface area (Å²) in [6.07, 6.45) is -0.789. The van der Waals surface area contributed by atoms with Crippen molar-refractivity contribution in [1.29, 1.82) is 0 Å². The minimum Gasteiger partial charge on any atom is -0.382 e. The maximum atomic E-state index is 6.05. The Hall–Kier alpha value is 0.720. The molecule has 2 fully saturated rings. The molecule has 1 saturated heterocycles. The van der Waals surface area contributed by atoms with Crippen LogP contribution in [-0.4, -0.2) is 75.6 Å². The molecule has 0 aromatic carbocycles. The Bertz CT molecular complexity index is 396. The normalized spacial score (nSPS) is 42.7. The third kappa shape index (κ3) is 4.11. The van der Waals surface area contributed by atoms with Gasteiger partial charge in [-0.25, -0.2) is 0 Å². The highest BCUT2D eigenvalue weighted by molar-refractivity contribution is 9.25. The summed E-state index contributed by atoms with van der Waals surface area (Å²) < 4.78 is 34.0. The Balaban J connectivity index is 2.07. The number of ether oxygens (including phenoxy) is 6. The van der Waals surface area contributed by atoms with Crippen molar-refractivity contribution in [2.24, 2.45) is 5.41 Å². The molecule has 0 unspecified atom stereocenters. The lowest BCUT2D eigenvalue weighted by Crippen LogP contribution is -2.61. The molecule has 0 amide bonds. The van der Waals surface area contributed by atoms with Crippen molar-refractivity contribution in [2.45, 2.75) is 47.3 Å². The van der Waals surface area contributed by atoms with Crippen molar-refractivity contribution < 1.29 is 28.4 Å². The molecule has 1 aliphatic heterocycles. The predicted molar refractivity (Wildman–Crippen MR) is 92.2 cm³/mol. The van der Waals surface area contributed by atoms with Crippen LogP contribution in [-0.2, 0) is 28.4 Å². The summed E-state index contributed by atoms with van der Waals surface area (Å²) in [6, 6.07) is 0. The highest BCUT2D eigenvalue weighted by Crippen LogP contribution is 2.66. The third-order valence-electron chi connectivity index (χ3n) is 4.67. The van der Waals surface area contributed by atoms with Crippen LogP contribution in [0.2, 0.25) is 0 Å². The average Bonchev–Trinajstić information content (AvgIpc) is 3.02. The number of hydrogen-bond donors (Lipinski definition) is 0. The van der Waals surface area contributed by atoms with Crippen LogP contribution in [0.1, 0.15) is 13.3 Å². The number of hydrogen-bond acceptors (Lipinski definition) is 6. The summed E-state index contributed by atoms with van der Waals surface area (Å²) in [5.74, 6) is 0. The van der Waals surface area contributed by atoms with E-state index < -0.39 is 6.29 Å². The second-order valence-corrected chi connectivity index (χ2v) is 10.1. The highest BCUT2D eigenvalue weighted by atomic mass is 79.9. The molecule has 136 valence electrons. The van der Waals surface area contributed by atoms with Crippen molar-refractivity contribution >= 4 is 31.9 Å². The van der Waals surface area contributed by atoms with E-state index in [1.807, 2.05) is 0 Å². The lowest BCUT2D eigenvalue weighted by atomic mass is 9.98. The van der Waals surface area contributed by atoms with Gasteiger partial charge < -0.3 is 28.4 Å². The summed E-state index contributed by atoms with van der Waals surface area (Å²) in [4.78, 5) is 0. The van der Waals surface area contributed by atoms with Gasteiger partial charge in [0.1, 0.15) is 24.4 Å². The Kier molecular flexibility index (Phi) is 6.93. The minimum absolute atomic E-state index is 0.0199. The average molecular weight is 462 g/mol. The molecule has 0 aromatic rings. The molecule has 8 heteroatoms. The topological polar surface area (TPSA) is 55.4 Å². The van der Waals surface area contributed by atoms with Crippen LogP contribution in [0.4, 0.5) is 0 Å². The van der Waals surface area contributed by atoms with Gasteiger partial charge in [-0.3, -0.25) is 0 Å². The van der Waals surface area contributed by atoms with Gasteiger partial charge in [-0.15, -0.1) is 0 Å². The molecule has 6 atom stereocenters. The first-order chi connectivity index (χ1) is 10.8. The molecule has 23 heavy (non-hydrogen) atoms. The zero-order valence-electron chi connectivity index (χ0n) is 14.2. The molecule has 1 saturated carbocycles. The van der Waals surface area contributed by atoms with Gasteiger partial charge in [0.15, 0.2) is 6.29 Å². The van der Waals surface area contributed by atoms with Crippen LogP contribution in [0, 0.1) is 5.41 Å². The molecule has 0 N–H and O–H groups in total. The third-order valence-corrected chi connectivity index (χ3v) is 7.15. The van der Waals surface area contributed by atoms with Gasteiger partial charge in [0.25, 0.3) is 0 Å². The summed E-state index contributed by atoms with van der Waals surface area (Å²) in [5.41, 5.74) is 0.0199. The van der Waals surface area contributed by atoms with E-state index in [9.17, 15) is 0 Å². The first-order valence-corrected chi connectivity index (χ1v) is 9.14. The van der Waals surface area contributed by atoms with Crippen LogP contribution < -0.4 is 0 Å². The molecule has 1 aliphatic carbocycles. The smallest absolute Gasteiger partial charge is 0.186 e. The van der Waals surface area contributed by atoms with Crippen LogP contribution >= 0.6 is 31.9 Å². The van der Waals surface area contributed by atoms with Gasteiger partial charge in [0, 0.05) is 33.9 Å². The Morgan fingerprint density at radius 1 is 1.00 bits per heavy atom. The zero-order chi connectivity index (χ0) is 17.3. The van der Waals surface area contributed by atoms with E-state index in [1.165, 1.54) is 0 Å². The van der Waals surface area contributed by atoms with Crippen molar-refractivity contribution in [3.63, 3.8) is 0 Å². The fourth-order valence-electron chi connectivity index (χ4n) is 2.98. The van der Waals surface area contributed by atoms with Crippen LogP contribution in [0.25, 0.3) is 0 Å². The quantitative estimate of drug-likeness (QED) is 0.517. The maximum absolute atomic E-state index is 6.05. The molecular formula is C15H26Br2O6. The van der Waals surface area contributed by atoms with Gasteiger partial charge in [-0.1, -0.05) is 38.8 Å². The molecule has 6 nitrogen and oxygen atoms in total. The SMILES string of the molecule is COC[C@H]1O[C@H](OC[C@@]2(C)CC2(Br)Br)[C@H](OC)[C@@H](OC)[C@@H]1OC. The van der Waals surface area contributed by atoms with Gasteiger partial charge >= 0.3 is 0 Å². The highest BCUT2D eigenvalue weighted by Gasteiger charge is 2.62. The lowest BCUT2D eigenvalue weighted by molar-refractivity contribution is -0.315. The molecular weight excluding hydrogens is 436 g/mol. The largest absolute Gasteiger partial charge is 0.382 e. The fourth-order valence-corrected chi connectivity index (χ4v) is 4.45. The number of rotatable bonds is 8. The number of alkyl halides is 2. The van der Waals surface area contributed by atoms with Gasteiger partial charge in [0.05, 0.1) is 16.4 Å². The van der Waals surface area contributed by atoms with Crippen LogP contribution in [0.15, 0.2) is 0 Å². The van der Waals surface area contributed by atoms with E-state index in [-0.39, 0.29) is 33.1 Å². The molecule has 2 aliphatic rings. The lowest BCUT2D eigenvalue weighted by Gasteiger charge is -2.44. The van der Waals surface area contributed by atoms with E-state index >= 15 is 0 Å². The monoisotopic (exact) mass is 460 g/mol. The van der Waals surface area contributed by atoms with Crippen molar-refractivity contribution in [2.75, 3.05) is 41.7 Å². The Morgan fingerprint density at radius 2 is 1.57 bits per heavy atom. The summed E-state index contributed by atoms with van der Waals surface area (Å²) in [7, 11) is 6.52. The molecule has 0 bridgehead atoms. The van der Waals surface area contributed by atoms with Crippen molar-refractivity contribution in [3.05, 3.63) is 0 Å². The number of methoxy groups -OCH3 is 4. The van der Waals surface area contributed by atoms with Gasteiger partial charge in [0.2, 0.25) is 0 Å². The Labute approximate surface area is 154 Å². The standard InChI is InChI=1S/C15H26Br2O6/c1-14(7-15(14,16)17)8-22-13-12(21-5)11(20-4)10(19-3)9(23-13)6-18-2/h9-13H,6-8H2,1-5H3/t9-,10-,11+,12-,13+,14-/m1/s1. The van der Waals surface area contributed by atoms with E-state index in [1.54, 1.807) is 28.4 Å². The molecule has 0 spiro atoms. The van der Waals surface area contributed by atoms with Gasteiger partial charge in [-0.2, -0.15) is 0 Å².